The molecule has 146 valence electrons. The predicted octanol–water partition coefficient (Wildman–Crippen LogP) is 5.45. The first-order chi connectivity index (χ1) is 13.6. The van der Waals surface area contributed by atoms with E-state index in [2.05, 4.69) is 97.4 Å². The zero-order valence-electron chi connectivity index (χ0n) is 17.3. The van der Waals surface area contributed by atoms with Crippen molar-refractivity contribution >= 4 is 17.2 Å². The lowest BCUT2D eigenvalue weighted by Gasteiger charge is -2.32. The smallest absolute Gasteiger partial charge is 0.161 e. The minimum absolute atomic E-state index is 0.0550. The highest BCUT2D eigenvalue weighted by molar-refractivity contribution is 6.07. The van der Waals surface area contributed by atoms with Gasteiger partial charge in [-0.2, -0.15) is 0 Å². The first-order valence-electron chi connectivity index (χ1n) is 10.3. The second kappa shape index (κ2) is 7.70. The van der Waals surface area contributed by atoms with E-state index in [9.17, 15) is 0 Å². The van der Waals surface area contributed by atoms with Gasteiger partial charge in [0.1, 0.15) is 0 Å². The predicted molar refractivity (Wildman–Crippen MR) is 119 cm³/mol. The van der Waals surface area contributed by atoms with Crippen molar-refractivity contribution in [2.24, 2.45) is 4.99 Å². The lowest BCUT2D eigenvalue weighted by Crippen LogP contribution is -2.47. The molecule has 0 aliphatic carbocycles. The Morgan fingerprint density at radius 1 is 1.00 bits per heavy atom. The van der Waals surface area contributed by atoms with E-state index in [-0.39, 0.29) is 6.17 Å². The number of nitrogens with one attached hydrogen (secondary N) is 1. The summed E-state index contributed by atoms with van der Waals surface area (Å²) in [6.45, 7) is 9.56. The monoisotopic (exact) mass is 374 g/mol. The Kier molecular flexibility index (Phi) is 5.12. The first kappa shape index (κ1) is 18.6. The topological polar surface area (TPSA) is 30.9 Å². The van der Waals surface area contributed by atoms with Crippen LogP contribution in [0.3, 0.4) is 0 Å². The summed E-state index contributed by atoms with van der Waals surface area (Å²) in [4.78, 5) is 9.79. The molecule has 0 amide bonds. The molecule has 2 aromatic rings. The van der Waals surface area contributed by atoms with Crippen LogP contribution in [0, 0.1) is 0 Å². The maximum absolute atomic E-state index is 4.99. The average molecular weight is 375 g/mol. The third-order valence-electron chi connectivity index (χ3n) is 6.04. The van der Waals surface area contributed by atoms with E-state index in [1.54, 1.807) is 0 Å². The van der Waals surface area contributed by atoms with Crippen molar-refractivity contribution in [3.05, 3.63) is 71.6 Å². The SMILES string of the molecule is CCC(CC)c1ccccc1N1CN(c2ccccc2)C2=NC(C)=C(C)NC21. The molecule has 0 radical (unpaired) electrons. The van der Waals surface area contributed by atoms with Crippen molar-refractivity contribution in [2.45, 2.75) is 52.6 Å². The van der Waals surface area contributed by atoms with Crippen molar-refractivity contribution < 1.29 is 0 Å². The van der Waals surface area contributed by atoms with Crippen molar-refractivity contribution in [1.29, 1.82) is 0 Å². The molecule has 1 atom stereocenters. The van der Waals surface area contributed by atoms with Gasteiger partial charge in [-0.25, -0.2) is 4.99 Å². The van der Waals surface area contributed by atoms with Crippen LogP contribution in [0.25, 0.3) is 0 Å². The molecule has 4 rings (SSSR count). The molecule has 4 nitrogen and oxygen atoms in total. The highest BCUT2D eigenvalue weighted by atomic mass is 15.5. The van der Waals surface area contributed by atoms with Crippen molar-refractivity contribution in [3.63, 3.8) is 0 Å². The van der Waals surface area contributed by atoms with E-state index in [1.165, 1.54) is 16.9 Å². The third kappa shape index (κ3) is 3.17. The fourth-order valence-electron chi connectivity index (χ4n) is 4.28. The molecule has 0 saturated carbocycles. The van der Waals surface area contributed by atoms with Crippen LogP contribution < -0.4 is 15.1 Å². The molecular formula is C24H30N4. The van der Waals surface area contributed by atoms with Crippen LogP contribution in [0.15, 0.2) is 71.0 Å². The summed E-state index contributed by atoms with van der Waals surface area (Å²) in [6, 6.07) is 19.5. The number of hydrogen-bond donors (Lipinski definition) is 1. The highest BCUT2D eigenvalue weighted by Crippen LogP contribution is 2.37. The molecule has 2 aromatic carbocycles. The zero-order chi connectivity index (χ0) is 19.7. The number of allylic oxidation sites excluding steroid dienone is 2. The molecule has 2 aliphatic rings. The number of nitrogens with zero attached hydrogens (tertiary/aromatic N) is 3. The van der Waals surface area contributed by atoms with E-state index in [1.807, 2.05) is 0 Å². The van der Waals surface area contributed by atoms with Crippen molar-refractivity contribution in [1.82, 2.24) is 5.32 Å². The summed E-state index contributed by atoms with van der Waals surface area (Å²) in [5.74, 6) is 1.65. The van der Waals surface area contributed by atoms with E-state index >= 15 is 0 Å². The number of anilines is 2. The normalized spacial score (nSPS) is 19.0. The summed E-state index contributed by atoms with van der Waals surface area (Å²) in [7, 11) is 0. The van der Waals surface area contributed by atoms with Gasteiger partial charge in [0, 0.05) is 17.1 Å². The maximum Gasteiger partial charge on any atom is 0.161 e. The van der Waals surface area contributed by atoms with Gasteiger partial charge >= 0.3 is 0 Å². The zero-order valence-corrected chi connectivity index (χ0v) is 17.3. The molecular weight excluding hydrogens is 344 g/mol. The summed E-state index contributed by atoms with van der Waals surface area (Å²) in [6.07, 6.45) is 2.36. The van der Waals surface area contributed by atoms with Gasteiger partial charge in [-0.1, -0.05) is 50.2 Å². The third-order valence-corrected chi connectivity index (χ3v) is 6.04. The first-order valence-corrected chi connectivity index (χ1v) is 10.3. The Labute approximate surface area is 168 Å². The summed E-state index contributed by atoms with van der Waals surface area (Å²) >= 11 is 0. The van der Waals surface area contributed by atoms with Crippen LogP contribution in [0.4, 0.5) is 11.4 Å². The molecule has 1 unspecified atom stereocenters. The molecule has 0 bridgehead atoms. The van der Waals surface area contributed by atoms with Gasteiger partial charge < -0.3 is 15.1 Å². The number of fused-ring (bicyclic) bond motifs is 1. The lowest BCUT2D eigenvalue weighted by atomic mass is 9.92. The van der Waals surface area contributed by atoms with Crippen LogP contribution in [-0.4, -0.2) is 18.7 Å². The summed E-state index contributed by atoms with van der Waals surface area (Å²) in [5.41, 5.74) is 6.14. The Balaban J connectivity index is 1.79. The van der Waals surface area contributed by atoms with Crippen LogP contribution in [-0.2, 0) is 0 Å². The molecule has 4 heteroatoms. The summed E-state index contributed by atoms with van der Waals surface area (Å²) < 4.78 is 0. The Bertz CT molecular complexity index is 896. The van der Waals surface area contributed by atoms with E-state index < -0.39 is 0 Å². The molecule has 1 saturated heterocycles. The quantitative estimate of drug-likeness (QED) is 0.754. The van der Waals surface area contributed by atoms with Gasteiger partial charge in [0.05, 0.1) is 12.4 Å². The van der Waals surface area contributed by atoms with Crippen molar-refractivity contribution in [2.75, 3.05) is 16.5 Å². The average Bonchev–Trinajstić information content (AvgIpc) is 3.08. The number of benzene rings is 2. The molecule has 1 N–H and O–H groups in total. The van der Waals surface area contributed by atoms with Gasteiger partial charge in [0.25, 0.3) is 0 Å². The van der Waals surface area contributed by atoms with Gasteiger partial charge in [0.15, 0.2) is 12.0 Å². The van der Waals surface area contributed by atoms with E-state index in [4.69, 9.17) is 4.99 Å². The van der Waals surface area contributed by atoms with Crippen LogP contribution in [0.5, 0.6) is 0 Å². The number of hydrogen-bond acceptors (Lipinski definition) is 4. The number of aliphatic imine (C=N–C) groups is 1. The largest absolute Gasteiger partial charge is 0.361 e. The van der Waals surface area contributed by atoms with Crippen LogP contribution >= 0.6 is 0 Å². The van der Waals surface area contributed by atoms with Crippen LogP contribution in [0.2, 0.25) is 0 Å². The summed E-state index contributed by atoms with van der Waals surface area (Å²) in [5, 5.41) is 3.71. The van der Waals surface area contributed by atoms with Crippen LogP contribution in [0.1, 0.15) is 52.0 Å². The second-order valence-corrected chi connectivity index (χ2v) is 7.67. The van der Waals surface area contributed by atoms with Gasteiger partial charge in [-0.05, 0) is 56.4 Å². The lowest BCUT2D eigenvalue weighted by molar-refractivity contribution is 0.626. The second-order valence-electron chi connectivity index (χ2n) is 7.67. The molecule has 0 spiro atoms. The van der Waals surface area contributed by atoms with E-state index in [0.717, 1.165) is 36.7 Å². The van der Waals surface area contributed by atoms with Gasteiger partial charge in [0.2, 0.25) is 0 Å². The number of rotatable bonds is 5. The Hall–Kier alpha value is -2.75. The van der Waals surface area contributed by atoms with Gasteiger partial charge in [-0.15, -0.1) is 0 Å². The Morgan fingerprint density at radius 3 is 2.39 bits per heavy atom. The minimum Gasteiger partial charge on any atom is -0.361 e. The fraction of sp³-hybridized carbons (Fsp3) is 0.375. The molecule has 0 aromatic heterocycles. The fourth-order valence-corrected chi connectivity index (χ4v) is 4.28. The number of amidine groups is 1. The van der Waals surface area contributed by atoms with Crippen molar-refractivity contribution in [3.8, 4) is 0 Å². The van der Waals surface area contributed by atoms with E-state index in [0.29, 0.717) is 5.92 Å². The molecule has 2 aliphatic heterocycles. The molecule has 1 fully saturated rings. The standard InChI is InChI=1S/C24H30N4/c1-5-19(6-2)21-14-10-11-15-22(21)28-16-27(20-12-8-7-9-13-20)23-24(28)26-18(4)17(3)25-23/h7-15,19,24,26H,5-6,16H2,1-4H3. The highest BCUT2D eigenvalue weighted by Gasteiger charge is 2.40. The molecule has 28 heavy (non-hydrogen) atoms. The Morgan fingerprint density at radius 2 is 1.68 bits per heavy atom. The number of para-hydroxylation sites is 2. The maximum atomic E-state index is 4.99. The minimum atomic E-state index is 0.0550. The molecule has 2 heterocycles. The van der Waals surface area contributed by atoms with Gasteiger partial charge in [-0.3, -0.25) is 0 Å².